The SMILES string of the molecule is O=c1ncccn1-c1ccc(Br)cc1. The zero-order chi connectivity index (χ0) is 9.97. The highest BCUT2D eigenvalue weighted by atomic mass is 79.9. The molecule has 0 saturated heterocycles. The number of aromatic nitrogens is 2. The van der Waals surface area contributed by atoms with Crippen LogP contribution < -0.4 is 5.69 Å². The van der Waals surface area contributed by atoms with E-state index < -0.39 is 0 Å². The maximum absolute atomic E-state index is 11.3. The van der Waals surface area contributed by atoms with Gasteiger partial charge in [-0.25, -0.2) is 9.78 Å². The molecule has 0 aliphatic rings. The Balaban J connectivity index is 2.56. The van der Waals surface area contributed by atoms with Gasteiger partial charge in [-0.05, 0) is 30.3 Å². The van der Waals surface area contributed by atoms with Crippen molar-refractivity contribution >= 4 is 15.9 Å². The first kappa shape index (κ1) is 9.15. The van der Waals surface area contributed by atoms with E-state index in [4.69, 9.17) is 0 Å². The molecule has 0 unspecified atom stereocenters. The van der Waals surface area contributed by atoms with Crippen molar-refractivity contribution < 1.29 is 0 Å². The van der Waals surface area contributed by atoms with Crippen molar-refractivity contribution in [2.24, 2.45) is 0 Å². The average Bonchev–Trinajstić information content (AvgIpc) is 2.20. The normalized spacial score (nSPS) is 10.1. The van der Waals surface area contributed by atoms with Crippen LogP contribution in [0.15, 0.2) is 52.0 Å². The van der Waals surface area contributed by atoms with Gasteiger partial charge in [-0.1, -0.05) is 15.9 Å². The standard InChI is InChI=1S/C10H7BrN2O/c11-8-2-4-9(5-3-8)13-7-1-6-12-10(13)14/h1-7H. The lowest BCUT2D eigenvalue weighted by molar-refractivity contribution is 0.914. The summed E-state index contributed by atoms with van der Waals surface area (Å²) < 4.78 is 2.48. The Bertz CT molecular complexity index is 490. The summed E-state index contributed by atoms with van der Waals surface area (Å²) in [7, 11) is 0. The van der Waals surface area contributed by atoms with Gasteiger partial charge in [-0.2, -0.15) is 0 Å². The number of halogens is 1. The van der Waals surface area contributed by atoms with E-state index in [1.54, 1.807) is 12.3 Å². The molecule has 0 radical (unpaired) electrons. The van der Waals surface area contributed by atoms with Crippen LogP contribution in [-0.4, -0.2) is 9.55 Å². The highest BCUT2D eigenvalue weighted by Crippen LogP contribution is 2.12. The third-order valence-electron chi connectivity index (χ3n) is 1.82. The second-order valence-corrected chi connectivity index (χ2v) is 3.66. The number of hydrogen-bond donors (Lipinski definition) is 0. The van der Waals surface area contributed by atoms with Crippen LogP contribution in [-0.2, 0) is 0 Å². The van der Waals surface area contributed by atoms with Crippen molar-refractivity contribution in [1.29, 1.82) is 0 Å². The van der Waals surface area contributed by atoms with Crippen LogP contribution in [0, 0.1) is 0 Å². The molecule has 0 N–H and O–H groups in total. The van der Waals surface area contributed by atoms with Crippen LogP contribution in [0.1, 0.15) is 0 Å². The molecule has 0 aliphatic heterocycles. The summed E-state index contributed by atoms with van der Waals surface area (Å²) in [5.41, 5.74) is 0.543. The van der Waals surface area contributed by atoms with Crippen molar-refractivity contribution in [3.05, 3.63) is 57.7 Å². The molecular formula is C10H7BrN2O. The lowest BCUT2D eigenvalue weighted by Gasteiger charge is -2.03. The molecule has 0 fully saturated rings. The number of rotatable bonds is 1. The van der Waals surface area contributed by atoms with Crippen molar-refractivity contribution in [3.8, 4) is 5.69 Å². The molecule has 70 valence electrons. The summed E-state index contributed by atoms with van der Waals surface area (Å²) in [5.74, 6) is 0. The Morgan fingerprint density at radius 1 is 1.21 bits per heavy atom. The molecule has 1 aromatic carbocycles. The number of benzene rings is 1. The molecule has 0 bridgehead atoms. The van der Waals surface area contributed by atoms with E-state index in [-0.39, 0.29) is 5.69 Å². The third kappa shape index (κ3) is 1.75. The van der Waals surface area contributed by atoms with Crippen LogP contribution in [0.5, 0.6) is 0 Å². The van der Waals surface area contributed by atoms with E-state index in [1.165, 1.54) is 10.8 Å². The molecule has 0 spiro atoms. The zero-order valence-corrected chi connectivity index (χ0v) is 8.81. The van der Waals surface area contributed by atoms with E-state index in [2.05, 4.69) is 20.9 Å². The minimum atomic E-state index is -0.269. The minimum Gasteiger partial charge on any atom is -0.268 e. The molecule has 1 aromatic heterocycles. The number of hydrogen-bond acceptors (Lipinski definition) is 2. The first-order valence-corrected chi connectivity index (χ1v) is 4.86. The molecule has 2 rings (SSSR count). The molecule has 3 nitrogen and oxygen atoms in total. The highest BCUT2D eigenvalue weighted by molar-refractivity contribution is 9.10. The van der Waals surface area contributed by atoms with Crippen LogP contribution in [0.3, 0.4) is 0 Å². The van der Waals surface area contributed by atoms with Crippen molar-refractivity contribution in [2.75, 3.05) is 0 Å². The lowest BCUT2D eigenvalue weighted by atomic mass is 10.3. The van der Waals surface area contributed by atoms with Crippen molar-refractivity contribution in [2.45, 2.75) is 0 Å². The largest absolute Gasteiger partial charge is 0.352 e. The summed E-state index contributed by atoms with van der Waals surface area (Å²) >= 11 is 3.33. The topological polar surface area (TPSA) is 34.9 Å². The van der Waals surface area contributed by atoms with Crippen LogP contribution in [0.2, 0.25) is 0 Å². The van der Waals surface area contributed by atoms with Gasteiger partial charge in [0.2, 0.25) is 0 Å². The fraction of sp³-hybridized carbons (Fsp3) is 0. The van der Waals surface area contributed by atoms with Crippen LogP contribution in [0.4, 0.5) is 0 Å². The highest BCUT2D eigenvalue weighted by Gasteiger charge is 1.97. The Hall–Kier alpha value is -1.42. The van der Waals surface area contributed by atoms with E-state index in [0.717, 1.165) is 10.2 Å². The maximum atomic E-state index is 11.3. The first-order chi connectivity index (χ1) is 6.77. The maximum Gasteiger partial charge on any atom is 0.352 e. The van der Waals surface area contributed by atoms with Gasteiger partial charge in [0.15, 0.2) is 0 Å². The van der Waals surface area contributed by atoms with E-state index in [9.17, 15) is 4.79 Å². The number of nitrogens with zero attached hydrogens (tertiary/aromatic N) is 2. The molecule has 14 heavy (non-hydrogen) atoms. The zero-order valence-electron chi connectivity index (χ0n) is 7.22. The van der Waals surface area contributed by atoms with Crippen molar-refractivity contribution in [1.82, 2.24) is 9.55 Å². The fourth-order valence-corrected chi connectivity index (χ4v) is 1.42. The summed E-state index contributed by atoms with van der Waals surface area (Å²) in [6.07, 6.45) is 3.18. The molecule has 4 heteroatoms. The Morgan fingerprint density at radius 3 is 2.57 bits per heavy atom. The fourth-order valence-electron chi connectivity index (χ4n) is 1.16. The Kier molecular flexibility index (Phi) is 2.45. The van der Waals surface area contributed by atoms with Gasteiger partial charge >= 0.3 is 5.69 Å². The van der Waals surface area contributed by atoms with Gasteiger partial charge in [0.25, 0.3) is 0 Å². The predicted molar refractivity (Wildman–Crippen MR) is 57.5 cm³/mol. The molecular weight excluding hydrogens is 244 g/mol. The van der Waals surface area contributed by atoms with Gasteiger partial charge in [0.05, 0.1) is 5.69 Å². The Labute approximate surface area is 89.2 Å². The van der Waals surface area contributed by atoms with Crippen LogP contribution >= 0.6 is 15.9 Å². The summed E-state index contributed by atoms with van der Waals surface area (Å²) in [6, 6.07) is 9.20. The van der Waals surface area contributed by atoms with Gasteiger partial charge in [-0.15, -0.1) is 0 Å². The van der Waals surface area contributed by atoms with E-state index in [1.807, 2.05) is 24.3 Å². The summed E-state index contributed by atoms with van der Waals surface area (Å²) in [4.78, 5) is 15.0. The second kappa shape index (κ2) is 3.75. The predicted octanol–water partition coefficient (Wildman–Crippen LogP) is 2.00. The van der Waals surface area contributed by atoms with Crippen LogP contribution in [0.25, 0.3) is 5.69 Å². The van der Waals surface area contributed by atoms with Gasteiger partial charge in [-0.3, -0.25) is 4.57 Å². The molecule has 2 aromatic rings. The van der Waals surface area contributed by atoms with E-state index >= 15 is 0 Å². The molecule has 0 saturated carbocycles. The Morgan fingerprint density at radius 2 is 1.93 bits per heavy atom. The minimum absolute atomic E-state index is 0.269. The van der Waals surface area contributed by atoms with E-state index in [0.29, 0.717) is 0 Å². The van der Waals surface area contributed by atoms with Gasteiger partial charge in [0, 0.05) is 16.9 Å². The third-order valence-corrected chi connectivity index (χ3v) is 2.35. The van der Waals surface area contributed by atoms with Gasteiger partial charge in [0.1, 0.15) is 0 Å². The molecule has 0 atom stereocenters. The first-order valence-electron chi connectivity index (χ1n) is 4.07. The second-order valence-electron chi connectivity index (χ2n) is 2.75. The molecule has 0 amide bonds. The summed E-state index contributed by atoms with van der Waals surface area (Å²) in [6.45, 7) is 0. The average molecular weight is 251 g/mol. The van der Waals surface area contributed by atoms with Gasteiger partial charge < -0.3 is 0 Å². The quantitative estimate of drug-likeness (QED) is 0.776. The lowest BCUT2D eigenvalue weighted by Crippen LogP contribution is -2.19. The molecule has 1 heterocycles. The summed E-state index contributed by atoms with van der Waals surface area (Å²) in [5, 5.41) is 0. The monoisotopic (exact) mass is 250 g/mol. The van der Waals surface area contributed by atoms with Crippen molar-refractivity contribution in [3.63, 3.8) is 0 Å². The smallest absolute Gasteiger partial charge is 0.268 e. The molecule has 0 aliphatic carbocycles.